The summed E-state index contributed by atoms with van der Waals surface area (Å²) in [4.78, 5) is 4.61. The van der Waals surface area contributed by atoms with E-state index in [4.69, 9.17) is 11.6 Å². The van der Waals surface area contributed by atoms with Gasteiger partial charge in [-0.25, -0.2) is 4.98 Å². The molecule has 0 fully saturated rings. The SMILES string of the molecule is CNCCc1nc(-c2cc(C)ccc2Cl)cs1. The van der Waals surface area contributed by atoms with E-state index in [1.165, 1.54) is 5.56 Å². The van der Waals surface area contributed by atoms with Crippen LogP contribution in [0.3, 0.4) is 0 Å². The fourth-order valence-corrected chi connectivity index (χ4v) is 2.63. The number of hydrogen-bond donors (Lipinski definition) is 1. The third-order valence-corrected chi connectivity index (χ3v) is 3.78. The summed E-state index contributed by atoms with van der Waals surface area (Å²) < 4.78 is 0. The van der Waals surface area contributed by atoms with E-state index in [0.29, 0.717) is 0 Å². The summed E-state index contributed by atoms with van der Waals surface area (Å²) in [5.41, 5.74) is 3.21. The van der Waals surface area contributed by atoms with Crippen LogP contribution in [0.4, 0.5) is 0 Å². The first kappa shape index (κ1) is 12.6. The minimum atomic E-state index is 0.765. The Hall–Kier alpha value is -0.900. The molecule has 0 aliphatic rings. The molecule has 0 saturated carbocycles. The Morgan fingerprint density at radius 3 is 3.00 bits per heavy atom. The lowest BCUT2D eigenvalue weighted by Crippen LogP contribution is -2.09. The second-order valence-electron chi connectivity index (χ2n) is 3.96. The molecule has 2 rings (SSSR count). The molecule has 2 aromatic rings. The molecule has 0 radical (unpaired) electrons. The molecule has 1 N–H and O–H groups in total. The summed E-state index contributed by atoms with van der Waals surface area (Å²) in [7, 11) is 1.95. The van der Waals surface area contributed by atoms with Crippen molar-refractivity contribution >= 4 is 22.9 Å². The third kappa shape index (κ3) is 3.06. The van der Waals surface area contributed by atoms with Gasteiger partial charge in [-0.15, -0.1) is 11.3 Å². The lowest BCUT2D eigenvalue weighted by molar-refractivity contribution is 0.788. The van der Waals surface area contributed by atoms with E-state index in [9.17, 15) is 0 Å². The molecule has 1 aromatic carbocycles. The molecule has 0 unspecified atom stereocenters. The van der Waals surface area contributed by atoms with Gasteiger partial charge in [0.05, 0.1) is 15.7 Å². The minimum absolute atomic E-state index is 0.765. The smallest absolute Gasteiger partial charge is 0.0945 e. The number of aromatic nitrogens is 1. The lowest BCUT2D eigenvalue weighted by atomic mass is 10.1. The molecule has 0 amide bonds. The van der Waals surface area contributed by atoms with E-state index in [0.717, 1.165) is 34.3 Å². The summed E-state index contributed by atoms with van der Waals surface area (Å²) in [5, 5.41) is 7.11. The molecule has 0 bridgehead atoms. The van der Waals surface area contributed by atoms with E-state index in [1.807, 2.05) is 19.2 Å². The molecule has 0 aliphatic carbocycles. The zero-order valence-electron chi connectivity index (χ0n) is 9.96. The number of benzene rings is 1. The Bertz CT molecular complexity index is 508. The van der Waals surface area contributed by atoms with Crippen LogP contribution < -0.4 is 5.32 Å². The molecule has 0 atom stereocenters. The highest BCUT2D eigenvalue weighted by Gasteiger charge is 2.08. The van der Waals surface area contributed by atoms with Crippen LogP contribution in [0.1, 0.15) is 10.6 Å². The maximum atomic E-state index is 6.20. The molecular weight excluding hydrogens is 252 g/mol. The van der Waals surface area contributed by atoms with Crippen LogP contribution in [-0.4, -0.2) is 18.6 Å². The van der Waals surface area contributed by atoms with Crippen molar-refractivity contribution in [2.24, 2.45) is 0 Å². The lowest BCUT2D eigenvalue weighted by Gasteiger charge is -2.02. The van der Waals surface area contributed by atoms with E-state index in [2.05, 4.69) is 28.7 Å². The van der Waals surface area contributed by atoms with Crippen molar-refractivity contribution in [2.75, 3.05) is 13.6 Å². The van der Waals surface area contributed by atoms with Gasteiger partial charge in [0.15, 0.2) is 0 Å². The number of aryl methyl sites for hydroxylation is 1. The molecule has 2 nitrogen and oxygen atoms in total. The Morgan fingerprint density at radius 1 is 1.41 bits per heavy atom. The van der Waals surface area contributed by atoms with Crippen LogP contribution in [0.2, 0.25) is 5.02 Å². The number of likely N-dealkylation sites (N-methyl/N-ethyl adjacent to an activating group) is 1. The number of halogens is 1. The number of rotatable bonds is 4. The number of hydrogen-bond acceptors (Lipinski definition) is 3. The minimum Gasteiger partial charge on any atom is -0.319 e. The molecule has 0 aliphatic heterocycles. The van der Waals surface area contributed by atoms with Crippen molar-refractivity contribution in [3.8, 4) is 11.3 Å². The molecule has 0 spiro atoms. The van der Waals surface area contributed by atoms with Crippen LogP contribution in [0.25, 0.3) is 11.3 Å². The van der Waals surface area contributed by atoms with Gasteiger partial charge in [-0.2, -0.15) is 0 Å². The van der Waals surface area contributed by atoms with Gasteiger partial charge in [0.25, 0.3) is 0 Å². The van der Waals surface area contributed by atoms with Gasteiger partial charge in [0.1, 0.15) is 0 Å². The highest BCUT2D eigenvalue weighted by Crippen LogP contribution is 2.29. The monoisotopic (exact) mass is 266 g/mol. The largest absolute Gasteiger partial charge is 0.319 e. The van der Waals surface area contributed by atoms with Crippen molar-refractivity contribution in [3.05, 3.63) is 39.2 Å². The molecule has 90 valence electrons. The Labute approximate surface area is 111 Å². The van der Waals surface area contributed by atoms with Gasteiger partial charge >= 0.3 is 0 Å². The third-order valence-electron chi connectivity index (χ3n) is 2.54. The summed E-state index contributed by atoms with van der Waals surface area (Å²) in [6.07, 6.45) is 0.963. The summed E-state index contributed by atoms with van der Waals surface area (Å²) >= 11 is 7.89. The zero-order valence-corrected chi connectivity index (χ0v) is 11.5. The standard InChI is InChI=1S/C13H15ClN2S/c1-9-3-4-11(14)10(7-9)12-8-17-13(16-12)5-6-15-2/h3-4,7-8,15H,5-6H2,1-2H3. The molecule has 17 heavy (non-hydrogen) atoms. The van der Waals surface area contributed by atoms with Crippen molar-refractivity contribution in [1.82, 2.24) is 10.3 Å². The van der Waals surface area contributed by atoms with Gasteiger partial charge in [0, 0.05) is 23.9 Å². The number of nitrogens with zero attached hydrogens (tertiary/aromatic N) is 1. The van der Waals surface area contributed by atoms with E-state index < -0.39 is 0 Å². The van der Waals surface area contributed by atoms with Gasteiger partial charge in [-0.3, -0.25) is 0 Å². The summed E-state index contributed by atoms with van der Waals surface area (Å²) in [6, 6.07) is 6.03. The second kappa shape index (κ2) is 5.63. The summed E-state index contributed by atoms with van der Waals surface area (Å²) in [5.74, 6) is 0. The number of nitrogens with one attached hydrogen (secondary N) is 1. The van der Waals surface area contributed by atoms with Crippen molar-refractivity contribution in [2.45, 2.75) is 13.3 Å². The van der Waals surface area contributed by atoms with Crippen molar-refractivity contribution < 1.29 is 0 Å². The molecule has 4 heteroatoms. The normalized spacial score (nSPS) is 10.8. The van der Waals surface area contributed by atoms with Gasteiger partial charge in [0.2, 0.25) is 0 Å². The highest BCUT2D eigenvalue weighted by molar-refractivity contribution is 7.09. The molecule has 0 saturated heterocycles. The quantitative estimate of drug-likeness (QED) is 0.916. The van der Waals surface area contributed by atoms with Gasteiger partial charge < -0.3 is 5.32 Å². The van der Waals surface area contributed by atoms with Gasteiger partial charge in [-0.1, -0.05) is 23.2 Å². The van der Waals surface area contributed by atoms with Crippen molar-refractivity contribution in [3.63, 3.8) is 0 Å². The topological polar surface area (TPSA) is 24.9 Å². The first-order valence-corrected chi connectivity index (χ1v) is 6.82. The first-order chi connectivity index (χ1) is 8.20. The average Bonchev–Trinajstić information content (AvgIpc) is 2.78. The highest BCUT2D eigenvalue weighted by atomic mass is 35.5. The summed E-state index contributed by atoms with van der Waals surface area (Å²) in [6.45, 7) is 3.02. The fourth-order valence-electron chi connectivity index (χ4n) is 1.62. The zero-order chi connectivity index (χ0) is 12.3. The maximum Gasteiger partial charge on any atom is 0.0945 e. The second-order valence-corrected chi connectivity index (χ2v) is 5.31. The van der Waals surface area contributed by atoms with E-state index in [1.54, 1.807) is 11.3 Å². The molecule has 1 heterocycles. The van der Waals surface area contributed by atoms with E-state index >= 15 is 0 Å². The number of thiazole rings is 1. The van der Waals surface area contributed by atoms with E-state index in [-0.39, 0.29) is 0 Å². The Kier molecular flexibility index (Phi) is 4.15. The molecular formula is C13H15ClN2S. The van der Waals surface area contributed by atoms with Crippen LogP contribution in [-0.2, 0) is 6.42 Å². The first-order valence-electron chi connectivity index (χ1n) is 5.56. The average molecular weight is 267 g/mol. The van der Waals surface area contributed by atoms with Gasteiger partial charge in [-0.05, 0) is 26.1 Å². The van der Waals surface area contributed by atoms with Crippen molar-refractivity contribution in [1.29, 1.82) is 0 Å². The molecule has 1 aromatic heterocycles. The van der Waals surface area contributed by atoms with Crippen LogP contribution in [0.15, 0.2) is 23.6 Å². The van der Waals surface area contributed by atoms with Crippen LogP contribution in [0.5, 0.6) is 0 Å². The fraction of sp³-hybridized carbons (Fsp3) is 0.308. The van der Waals surface area contributed by atoms with Crippen LogP contribution in [0, 0.1) is 6.92 Å². The maximum absolute atomic E-state index is 6.20. The Balaban J connectivity index is 2.27. The Morgan fingerprint density at radius 2 is 2.24 bits per heavy atom. The predicted molar refractivity (Wildman–Crippen MR) is 74.9 cm³/mol. The predicted octanol–water partition coefficient (Wildman–Crippen LogP) is 3.53. The van der Waals surface area contributed by atoms with Crippen LogP contribution >= 0.6 is 22.9 Å².